The lowest BCUT2D eigenvalue weighted by molar-refractivity contribution is -0.121. The summed E-state index contributed by atoms with van der Waals surface area (Å²) in [7, 11) is 3.74. The lowest BCUT2D eigenvalue weighted by Gasteiger charge is -2.17. The number of aromatic nitrogens is 3. The second-order valence-electron chi connectivity index (χ2n) is 7.94. The van der Waals surface area contributed by atoms with Crippen LogP contribution in [0.15, 0.2) is 30.5 Å². The highest BCUT2D eigenvalue weighted by molar-refractivity contribution is 5.98. The number of nitrogens with zero attached hydrogens (tertiary/aromatic N) is 4. The van der Waals surface area contributed by atoms with Crippen LogP contribution in [-0.2, 0) is 17.8 Å². The second kappa shape index (κ2) is 9.33. The van der Waals surface area contributed by atoms with Crippen LogP contribution in [-0.4, -0.2) is 70.9 Å². The molecule has 0 bridgehead atoms. The predicted octanol–water partition coefficient (Wildman–Crippen LogP) is 0.594. The summed E-state index contributed by atoms with van der Waals surface area (Å²) in [6.45, 7) is 1.19. The van der Waals surface area contributed by atoms with Crippen molar-refractivity contribution in [3.05, 3.63) is 58.8 Å². The Kier molecular flexibility index (Phi) is 6.31. The molecule has 4 rings (SSSR count). The maximum absolute atomic E-state index is 14.2. The van der Waals surface area contributed by atoms with E-state index < -0.39 is 17.6 Å². The average Bonchev–Trinajstić information content (AvgIpc) is 3.16. The normalized spacial score (nSPS) is 13.0. The molecule has 0 unspecified atom stereocenters. The van der Waals surface area contributed by atoms with Crippen molar-refractivity contribution >= 4 is 23.2 Å². The van der Waals surface area contributed by atoms with E-state index in [0.29, 0.717) is 18.8 Å². The number of fused-ring (bicyclic) bond motifs is 2. The molecule has 2 amide bonds. The molecule has 1 aromatic carbocycles. The van der Waals surface area contributed by atoms with Crippen LogP contribution in [0.25, 0.3) is 5.65 Å². The lowest BCUT2D eigenvalue weighted by atomic mass is 10.0. The van der Waals surface area contributed by atoms with Gasteiger partial charge in [-0.05, 0) is 31.8 Å². The summed E-state index contributed by atoms with van der Waals surface area (Å²) in [5.74, 6) is -1.18. The number of hydrogen-bond donors (Lipinski definition) is 2. The van der Waals surface area contributed by atoms with Crippen molar-refractivity contribution in [2.45, 2.75) is 13.0 Å². The first-order chi connectivity index (χ1) is 15.8. The zero-order valence-corrected chi connectivity index (χ0v) is 18.2. The Balaban J connectivity index is 1.52. The Morgan fingerprint density at radius 1 is 1.21 bits per heavy atom. The number of ketones is 1. The first-order valence-electron chi connectivity index (χ1n) is 10.3. The van der Waals surface area contributed by atoms with Gasteiger partial charge in [0, 0.05) is 37.7 Å². The summed E-state index contributed by atoms with van der Waals surface area (Å²) in [4.78, 5) is 43.0. The molecule has 0 spiro atoms. The van der Waals surface area contributed by atoms with Gasteiger partial charge >= 0.3 is 0 Å². The van der Waals surface area contributed by atoms with Gasteiger partial charge in [0.2, 0.25) is 0 Å². The van der Waals surface area contributed by atoms with Gasteiger partial charge in [0.25, 0.3) is 11.8 Å². The molecule has 1 aliphatic heterocycles. The van der Waals surface area contributed by atoms with Crippen molar-refractivity contribution in [1.82, 2.24) is 30.1 Å². The molecular formula is C22H23FN6O4. The molecule has 0 fully saturated rings. The number of carbonyl (C=O) groups is 3. The Morgan fingerprint density at radius 3 is 2.82 bits per heavy atom. The van der Waals surface area contributed by atoms with E-state index in [0.717, 1.165) is 21.8 Å². The summed E-state index contributed by atoms with van der Waals surface area (Å²) in [6.07, 6.45) is 1.22. The summed E-state index contributed by atoms with van der Waals surface area (Å²) < 4.78 is 20.6. The molecule has 3 heterocycles. The molecule has 172 valence electrons. The maximum Gasteiger partial charge on any atom is 0.270 e. The number of nitrogens with one attached hydrogen (secondary N) is 2. The molecule has 11 heteroatoms. The number of benzene rings is 1. The van der Waals surface area contributed by atoms with Crippen molar-refractivity contribution in [2.75, 3.05) is 33.8 Å². The fourth-order valence-corrected chi connectivity index (χ4v) is 3.41. The topological polar surface area (TPSA) is 118 Å². The third kappa shape index (κ3) is 4.98. The van der Waals surface area contributed by atoms with E-state index in [2.05, 4.69) is 20.7 Å². The number of halogens is 1. The number of carbonyl (C=O) groups excluding carboxylic acids is 3. The van der Waals surface area contributed by atoms with Crippen LogP contribution >= 0.6 is 0 Å². The van der Waals surface area contributed by atoms with Crippen LogP contribution < -0.4 is 15.4 Å². The van der Waals surface area contributed by atoms with Gasteiger partial charge in [-0.15, -0.1) is 0 Å². The fraction of sp³-hybridized carbons (Fsp3) is 0.318. The smallest absolute Gasteiger partial charge is 0.270 e. The van der Waals surface area contributed by atoms with Gasteiger partial charge < -0.3 is 20.3 Å². The van der Waals surface area contributed by atoms with E-state index in [9.17, 15) is 18.8 Å². The Bertz CT molecular complexity index is 1240. The molecule has 33 heavy (non-hydrogen) atoms. The van der Waals surface area contributed by atoms with Gasteiger partial charge in [0.05, 0.1) is 6.20 Å². The monoisotopic (exact) mass is 454 g/mol. The van der Waals surface area contributed by atoms with E-state index >= 15 is 0 Å². The highest BCUT2D eigenvalue weighted by atomic mass is 19.1. The van der Waals surface area contributed by atoms with E-state index in [1.165, 1.54) is 6.07 Å². The molecule has 0 saturated carbocycles. The Hall–Kier alpha value is -3.86. The largest absolute Gasteiger partial charge is 0.486 e. The van der Waals surface area contributed by atoms with Crippen molar-refractivity contribution in [3.63, 3.8) is 0 Å². The second-order valence-corrected chi connectivity index (χ2v) is 7.94. The quantitative estimate of drug-likeness (QED) is 0.537. The standard InChI is InChI=1S/C22H23FN6O4/c1-28(2)6-5-24-22(32)18-9-17(27-20-16(23)11-26-29(18)20)21(31)25-10-13-3-4-19-14(7-13)8-15(30)12-33-19/h3-4,7,9,11H,5-6,8,10,12H2,1-2H3,(H,24,32)(H,25,31). The van der Waals surface area contributed by atoms with Gasteiger partial charge in [0.15, 0.2) is 17.2 Å². The van der Waals surface area contributed by atoms with Crippen molar-refractivity contribution in [1.29, 1.82) is 0 Å². The number of rotatable bonds is 7. The highest BCUT2D eigenvalue weighted by Gasteiger charge is 2.21. The van der Waals surface area contributed by atoms with Crippen LogP contribution in [0.5, 0.6) is 5.75 Å². The third-order valence-electron chi connectivity index (χ3n) is 5.09. The van der Waals surface area contributed by atoms with Gasteiger partial charge in [-0.1, -0.05) is 6.07 Å². The lowest BCUT2D eigenvalue weighted by Crippen LogP contribution is -2.33. The van der Waals surface area contributed by atoms with E-state index in [1.807, 2.05) is 19.0 Å². The molecule has 10 nitrogen and oxygen atoms in total. The van der Waals surface area contributed by atoms with Crippen LogP contribution in [0, 0.1) is 5.82 Å². The minimum absolute atomic E-state index is 0.00255. The van der Waals surface area contributed by atoms with E-state index in [1.54, 1.807) is 18.2 Å². The third-order valence-corrected chi connectivity index (χ3v) is 5.09. The molecule has 2 aromatic heterocycles. The minimum atomic E-state index is -0.744. The van der Waals surface area contributed by atoms with Crippen molar-refractivity contribution in [3.8, 4) is 5.75 Å². The predicted molar refractivity (Wildman–Crippen MR) is 116 cm³/mol. The highest BCUT2D eigenvalue weighted by Crippen LogP contribution is 2.24. The summed E-state index contributed by atoms with van der Waals surface area (Å²) in [6, 6.07) is 6.61. The fourth-order valence-electron chi connectivity index (χ4n) is 3.41. The first-order valence-corrected chi connectivity index (χ1v) is 10.3. The van der Waals surface area contributed by atoms with Crippen LogP contribution in [0.4, 0.5) is 4.39 Å². The zero-order chi connectivity index (χ0) is 23.5. The van der Waals surface area contributed by atoms with E-state index in [4.69, 9.17) is 4.74 Å². The molecule has 1 aliphatic rings. The molecular weight excluding hydrogens is 431 g/mol. The number of Topliss-reactive ketones (excluding diaryl/α,β-unsaturated/α-hetero) is 1. The Morgan fingerprint density at radius 2 is 2.03 bits per heavy atom. The van der Waals surface area contributed by atoms with Crippen molar-refractivity contribution in [2.24, 2.45) is 0 Å². The summed E-state index contributed by atoms with van der Waals surface area (Å²) >= 11 is 0. The van der Waals surface area contributed by atoms with Gasteiger partial charge in [-0.25, -0.2) is 13.9 Å². The van der Waals surface area contributed by atoms with Crippen LogP contribution in [0.3, 0.4) is 0 Å². The first kappa shape index (κ1) is 22.3. The average molecular weight is 454 g/mol. The zero-order valence-electron chi connectivity index (χ0n) is 18.2. The molecule has 0 atom stereocenters. The van der Waals surface area contributed by atoms with Gasteiger partial charge in [0.1, 0.15) is 23.7 Å². The van der Waals surface area contributed by atoms with Crippen LogP contribution in [0.2, 0.25) is 0 Å². The van der Waals surface area contributed by atoms with Crippen LogP contribution in [0.1, 0.15) is 32.1 Å². The molecule has 0 aliphatic carbocycles. The summed E-state index contributed by atoms with van der Waals surface area (Å²) in [5, 5.41) is 9.30. The van der Waals surface area contributed by atoms with Gasteiger partial charge in [-0.2, -0.15) is 5.10 Å². The maximum atomic E-state index is 14.2. The van der Waals surface area contributed by atoms with Gasteiger partial charge in [-0.3, -0.25) is 14.4 Å². The molecule has 3 aromatic rings. The van der Waals surface area contributed by atoms with Crippen molar-refractivity contribution < 1.29 is 23.5 Å². The summed E-state index contributed by atoms with van der Waals surface area (Å²) in [5.41, 5.74) is 1.19. The molecule has 2 N–H and O–H groups in total. The number of ether oxygens (including phenoxy) is 1. The number of amides is 2. The SMILES string of the molecule is CN(C)CCNC(=O)c1cc(C(=O)NCc2ccc3c(c2)CC(=O)CO3)nc2c(F)cnn12. The number of hydrogen-bond acceptors (Lipinski definition) is 7. The Labute approximate surface area is 188 Å². The molecule has 0 saturated heterocycles. The number of likely N-dealkylation sites (N-methyl/N-ethyl adjacent to an activating group) is 1. The van der Waals surface area contributed by atoms with E-state index in [-0.39, 0.29) is 42.4 Å². The minimum Gasteiger partial charge on any atom is -0.486 e. The molecule has 0 radical (unpaired) electrons.